The van der Waals surface area contributed by atoms with E-state index >= 15 is 0 Å². The van der Waals surface area contributed by atoms with Gasteiger partial charge in [-0.15, -0.1) is 0 Å². The lowest BCUT2D eigenvalue weighted by Gasteiger charge is -2.36. The van der Waals surface area contributed by atoms with Gasteiger partial charge in [-0.25, -0.2) is 17.7 Å². The molecule has 190 valence electrons. The molecule has 0 saturated carbocycles. The van der Waals surface area contributed by atoms with Crippen molar-refractivity contribution >= 4 is 56.4 Å². The number of sulfonamides is 1. The van der Waals surface area contributed by atoms with Crippen LogP contribution in [-0.4, -0.2) is 36.4 Å². The number of anilines is 1. The number of hydrogen-bond acceptors (Lipinski definition) is 5. The minimum Gasteiger partial charge on any atom is -0.390 e. The third-order valence-corrected chi connectivity index (χ3v) is 8.56. The Labute approximate surface area is 225 Å². The summed E-state index contributed by atoms with van der Waals surface area (Å²) in [6.07, 6.45) is 0.840. The number of pyridine rings is 1. The van der Waals surface area contributed by atoms with Gasteiger partial charge in [0.05, 0.1) is 38.2 Å². The molecule has 0 spiro atoms. The minimum atomic E-state index is -4.02. The first-order valence-electron chi connectivity index (χ1n) is 11.3. The second kappa shape index (κ2) is 10.3. The molecule has 1 aliphatic heterocycles. The lowest BCUT2D eigenvalue weighted by molar-refractivity contribution is 0.0533. The zero-order valence-electron chi connectivity index (χ0n) is 19.7. The summed E-state index contributed by atoms with van der Waals surface area (Å²) < 4.78 is 28.7. The standard InChI is InChI=1S/C26H25Cl3N2O4S/c1-26(2,33)14-16-11-17-9-10-19(13-23(32)24-21(28)7-4-8-22(24)29)30-25(17)31(15-16)36(34,35)20-6-3-5-18(27)12-20/h3-10,12,16,33H,11,13-15H2,1-2H3/t16-/m0/s1. The van der Waals surface area contributed by atoms with Crippen LogP contribution in [0.25, 0.3) is 0 Å². The van der Waals surface area contributed by atoms with Gasteiger partial charge in [-0.1, -0.05) is 53.0 Å². The Balaban J connectivity index is 1.74. The second-order valence-electron chi connectivity index (χ2n) is 9.56. The summed E-state index contributed by atoms with van der Waals surface area (Å²) in [5.41, 5.74) is 0.339. The molecule has 1 aliphatic rings. The van der Waals surface area contributed by atoms with Crippen molar-refractivity contribution in [2.45, 2.75) is 43.6 Å². The van der Waals surface area contributed by atoms with Gasteiger partial charge < -0.3 is 5.11 Å². The highest BCUT2D eigenvalue weighted by atomic mass is 35.5. The summed E-state index contributed by atoms with van der Waals surface area (Å²) in [7, 11) is -4.02. The molecule has 3 aromatic rings. The summed E-state index contributed by atoms with van der Waals surface area (Å²) in [6, 6.07) is 14.4. The third-order valence-electron chi connectivity index (χ3n) is 5.94. The van der Waals surface area contributed by atoms with Crippen LogP contribution in [0.4, 0.5) is 5.82 Å². The predicted octanol–water partition coefficient (Wildman–Crippen LogP) is 6.00. The maximum Gasteiger partial charge on any atom is 0.265 e. The topological polar surface area (TPSA) is 87.6 Å². The molecule has 0 bridgehead atoms. The number of aliphatic hydroxyl groups is 1. The highest BCUT2D eigenvalue weighted by Gasteiger charge is 2.36. The number of ketones is 1. The number of aromatic nitrogens is 1. The molecule has 1 atom stereocenters. The Morgan fingerprint density at radius 3 is 2.39 bits per heavy atom. The predicted molar refractivity (Wildman–Crippen MR) is 143 cm³/mol. The summed E-state index contributed by atoms with van der Waals surface area (Å²) in [4.78, 5) is 17.6. The fraction of sp³-hybridized carbons (Fsp3) is 0.308. The van der Waals surface area contributed by atoms with Crippen molar-refractivity contribution < 1.29 is 18.3 Å². The Bertz CT molecular complexity index is 1400. The average molecular weight is 568 g/mol. The van der Waals surface area contributed by atoms with Crippen LogP contribution in [-0.2, 0) is 22.9 Å². The second-order valence-corrected chi connectivity index (χ2v) is 12.7. The SMILES string of the molecule is CC(C)(O)C[C@@H]1Cc2ccc(CC(=O)c3c(Cl)cccc3Cl)nc2N(S(=O)(=O)c2cccc(Cl)c2)C1. The van der Waals surface area contributed by atoms with E-state index in [1.807, 2.05) is 0 Å². The van der Waals surface area contributed by atoms with Crippen molar-refractivity contribution in [2.75, 3.05) is 10.8 Å². The number of carbonyl (C=O) groups excluding carboxylic acids is 1. The summed E-state index contributed by atoms with van der Waals surface area (Å²) in [5.74, 6) is -0.196. The van der Waals surface area contributed by atoms with Crippen LogP contribution < -0.4 is 4.31 Å². The van der Waals surface area contributed by atoms with Crippen LogP contribution in [0.15, 0.2) is 59.5 Å². The highest BCUT2D eigenvalue weighted by Crippen LogP contribution is 2.36. The quantitative estimate of drug-likeness (QED) is 0.354. The maximum atomic E-state index is 13.7. The fourth-order valence-electron chi connectivity index (χ4n) is 4.51. The fourth-order valence-corrected chi connectivity index (χ4v) is 6.95. The van der Waals surface area contributed by atoms with E-state index < -0.39 is 15.6 Å². The molecular weight excluding hydrogens is 543 g/mol. The van der Waals surface area contributed by atoms with Gasteiger partial charge in [-0.05, 0) is 74.6 Å². The zero-order valence-corrected chi connectivity index (χ0v) is 22.8. The van der Waals surface area contributed by atoms with E-state index in [-0.39, 0.29) is 51.0 Å². The van der Waals surface area contributed by atoms with E-state index in [1.165, 1.54) is 16.4 Å². The smallest absolute Gasteiger partial charge is 0.265 e. The highest BCUT2D eigenvalue weighted by molar-refractivity contribution is 7.92. The molecular formula is C26H25Cl3N2O4S. The van der Waals surface area contributed by atoms with Crippen molar-refractivity contribution in [1.29, 1.82) is 0 Å². The van der Waals surface area contributed by atoms with Gasteiger partial charge in [0.2, 0.25) is 0 Å². The number of carbonyl (C=O) groups is 1. The molecule has 1 N–H and O–H groups in total. The Morgan fingerprint density at radius 1 is 1.08 bits per heavy atom. The van der Waals surface area contributed by atoms with E-state index in [4.69, 9.17) is 34.8 Å². The molecule has 0 aliphatic carbocycles. The van der Waals surface area contributed by atoms with Crippen LogP contribution in [0.3, 0.4) is 0 Å². The molecule has 0 amide bonds. The first-order valence-corrected chi connectivity index (χ1v) is 13.9. The number of hydrogen-bond donors (Lipinski definition) is 1. The molecule has 0 fully saturated rings. The van der Waals surface area contributed by atoms with Crippen molar-refractivity contribution in [3.8, 4) is 0 Å². The van der Waals surface area contributed by atoms with Crippen LogP contribution >= 0.6 is 34.8 Å². The number of fused-ring (bicyclic) bond motifs is 1. The van der Waals surface area contributed by atoms with Crippen molar-refractivity contribution in [2.24, 2.45) is 5.92 Å². The summed E-state index contributed by atoms with van der Waals surface area (Å²) in [6.45, 7) is 3.53. The lowest BCUT2D eigenvalue weighted by Crippen LogP contribution is -2.42. The van der Waals surface area contributed by atoms with Crippen LogP contribution in [0.5, 0.6) is 0 Å². The van der Waals surface area contributed by atoms with E-state index in [9.17, 15) is 18.3 Å². The molecule has 6 nitrogen and oxygen atoms in total. The van der Waals surface area contributed by atoms with Gasteiger partial charge in [0.15, 0.2) is 5.78 Å². The van der Waals surface area contributed by atoms with Crippen LogP contribution in [0.1, 0.15) is 41.9 Å². The minimum absolute atomic E-state index is 0.0380. The first kappa shape index (κ1) is 26.9. The Kier molecular flexibility index (Phi) is 7.70. The van der Waals surface area contributed by atoms with Gasteiger partial charge >= 0.3 is 0 Å². The molecule has 0 radical (unpaired) electrons. The number of Topliss-reactive ketones (excluding diaryl/α,β-unsaturated/α-hetero) is 1. The third kappa shape index (κ3) is 5.87. The summed E-state index contributed by atoms with van der Waals surface area (Å²) in [5, 5.41) is 11.2. The van der Waals surface area contributed by atoms with Gasteiger partial charge in [0.1, 0.15) is 5.82 Å². The normalized spacial score (nSPS) is 16.1. The molecule has 2 aromatic carbocycles. The van der Waals surface area contributed by atoms with E-state index in [1.54, 1.807) is 56.3 Å². The molecule has 0 unspecified atom stereocenters. The molecule has 1 aromatic heterocycles. The number of nitrogens with zero attached hydrogens (tertiary/aromatic N) is 2. The lowest BCUT2D eigenvalue weighted by atomic mass is 9.86. The molecule has 2 heterocycles. The first-order chi connectivity index (χ1) is 16.8. The van der Waals surface area contributed by atoms with Gasteiger partial charge in [-0.3, -0.25) is 4.79 Å². The number of benzene rings is 2. The monoisotopic (exact) mass is 566 g/mol. The molecule has 36 heavy (non-hydrogen) atoms. The van der Waals surface area contributed by atoms with Crippen molar-refractivity contribution in [3.05, 3.63) is 86.5 Å². The van der Waals surface area contributed by atoms with Gasteiger partial charge in [0, 0.05) is 11.6 Å². The van der Waals surface area contributed by atoms with Gasteiger partial charge in [-0.2, -0.15) is 0 Å². The van der Waals surface area contributed by atoms with Gasteiger partial charge in [0.25, 0.3) is 10.0 Å². The molecule has 4 rings (SSSR count). The zero-order chi connectivity index (χ0) is 26.3. The molecule has 0 saturated heterocycles. The Morgan fingerprint density at radius 2 is 1.75 bits per heavy atom. The maximum absolute atomic E-state index is 13.7. The number of rotatable bonds is 7. The largest absolute Gasteiger partial charge is 0.390 e. The van der Waals surface area contributed by atoms with Crippen molar-refractivity contribution in [1.82, 2.24) is 4.98 Å². The molecule has 10 heteroatoms. The van der Waals surface area contributed by atoms with Crippen LogP contribution in [0, 0.1) is 5.92 Å². The van der Waals surface area contributed by atoms with E-state index in [0.717, 1.165) is 0 Å². The Hall–Kier alpha value is -2.16. The summed E-state index contributed by atoms with van der Waals surface area (Å²) >= 11 is 18.5. The van der Waals surface area contributed by atoms with Crippen LogP contribution in [0.2, 0.25) is 15.1 Å². The van der Waals surface area contributed by atoms with E-state index in [2.05, 4.69) is 4.98 Å². The van der Waals surface area contributed by atoms with E-state index in [0.29, 0.717) is 29.1 Å². The van der Waals surface area contributed by atoms with Crippen molar-refractivity contribution in [3.63, 3.8) is 0 Å². The number of halogens is 3. The average Bonchev–Trinajstić information content (AvgIpc) is 2.77.